The Morgan fingerprint density at radius 2 is 1.81 bits per heavy atom. The van der Waals surface area contributed by atoms with Gasteiger partial charge in [0.1, 0.15) is 11.6 Å². The summed E-state index contributed by atoms with van der Waals surface area (Å²) in [6.45, 7) is 1.57. The van der Waals surface area contributed by atoms with Gasteiger partial charge in [-0.15, -0.1) is 0 Å². The molecule has 1 atom stereocenters. The summed E-state index contributed by atoms with van der Waals surface area (Å²) in [7, 11) is 0. The van der Waals surface area contributed by atoms with Crippen LogP contribution in [0, 0.1) is 5.82 Å². The number of aliphatic hydroxyl groups is 1. The van der Waals surface area contributed by atoms with Crippen molar-refractivity contribution in [1.82, 2.24) is 0 Å². The molecule has 2 rings (SSSR count). The predicted octanol–water partition coefficient (Wildman–Crippen LogP) is 2.72. The van der Waals surface area contributed by atoms with E-state index in [0.717, 1.165) is 5.56 Å². The zero-order valence-electron chi connectivity index (χ0n) is 11.5. The lowest BCUT2D eigenvalue weighted by atomic mass is 10.2. The first-order chi connectivity index (χ1) is 10.1. The van der Waals surface area contributed by atoms with E-state index in [9.17, 15) is 9.18 Å². The summed E-state index contributed by atoms with van der Waals surface area (Å²) in [5.41, 5.74) is 1.38. The lowest BCUT2D eigenvalue weighted by Gasteiger charge is -2.14. The average Bonchev–Trinajstić information content (AvgIpc) is 2.50. The molecule has 21 heavy (non-hydrogen) atoms. The number of amides is 1. The number of anilines is 1. The minimum atomic E-state index is -0.715. The molecule has 0 bridgehead atoms. The van der Waals surface area contributed by atoms with Gasteiger partial charge in [-0.3, -0.25) is 4.79 Å². The van der Waals surface area contributed by atoms with E-state index in [-0.39, 0.29) is 18.3 Å². The van der Waals surface area contributed by atoms with Crippen molar-refractivity contribution in [3.05, 3.63) is 59.9 Å². The third kappa shape index (κ3) is 4.29. The van der Waals surface area contributed by atoms with Gasteiger partial charge < -0.3 is 15.2 Å². The molecule has 0 saturated carbocycles. The number of rotatable bonds is 5. The van der Waals surface area contributed by atoms with Gasteiger partial charge in [-0.2, -0.15) is 0 Å². The Balaban J connectivity index is 1.93. The molecular formula is C16H16FNO3. The Morgan fingerprint density at radius 1 is 1.19 bits per heavy atom. The predicted molar refractivity (Wildman–Crippen MR) is 77.5 cm³/mol. The Morgan fingerprint density at radius 3 is 2.38 bits per heavy atom. The van der Waals surface area contributed by atoms with Crippen LogP contribution in [0.1, 0.15) is 12.5 Å². The maximum Gasteiger partial charge on any atom is 0.265 e. The van der Waals surface area contributed by atoms with Crippen molar-refractivity contribution in [3.63, 3.8) is 0 Å². The van der Waals surface area contributed by atoms with E-state index in [1.165, 1.54) is 24.3 Å². The number of ether oxygens (including phenoxy) is 1. The third-order valence-corrected chi connectivity index (χ3v) is 2.90. The van der Waals surface area contributed by atoms with Crippen LogP contribution >= 0.6 is 0 Å². The standard InChI is InChI=1S/C16H16FNO3/c1-11(21-15-8-4-13(17)5-9-15)16(20)18-14-6-2-12(10-19)3-7-14/h2-9,11,19H,10H2,1H3,(H,18,20). The first-order valence-corrected chi connectivity index (χ1v) is 6.51. The summed E-state index contributed by atoms with van der Waals surface area (Å²) < 4.78 is 18.2. The molecule has 110 valence electrons. The van der Waals surface area contributed by atoms with Crippen molar-refractivity contribution in [2.45, 2.75) is 19.6 Å². The molecule has 0 aliphatic carbocycles. The Labute approximate surface area is 122 Å². The molecule has 4 nitrogen and oxygen atoms in total. The van der Waals surface area contributed by atoms with E-state index in [4.69, 9.17) is 9.84 Å². The van der Waals surface area contributed by atoms with Gasteiger partial charge >= 0.3 is 0 Å². The second-order valence-corrected chi connectivity index (χ2v) is 4.56. The van der Waals surface area contributed by atoms with Crippen LogP contribution in [0.25, 0.3) is 0 Å². The largest absolute Gasteiger partial charge is 0.481 e. The first kappa shape index (κ1) is 15.0. The minimum Gasteiger partial charge on any atom is -0.481 e. The smallest absolute Gasteiger partial charge is 0.265 e. The number of hydrogen-bond donors (Lipinski definition) is 2. The van der Waals surface area contributed by atoms with E-state index in [1.807, 2.05) is 0 Å². The first-order valence-electron chi connectivity index (χ1n) is 6.51. The zero-order valence-corrected chi connectivity index (χ0v) is 11.5. The highest BCUT2D eigenvalue weighted by Crippen LogP contribution is 2.15. The zero-order chi connectivity index (χ0) is 15.2. The lowest BCUT2D eigenvalue weighted by Crippen LogP contribution is -2.30. The van der Waals surface area contributed by atoms with Crippen LogP contribution in [0.15, 0.2) is 48.5 Å². The number of nitrogens with one attached hydrogen (secondary N) is 1. The molecule has 0 aliphatic rings. The topological polar surface area (TPSA) is 58.6 Å². The van der Waals surface area contributed by atoms with Crippen LogP contribution in [-0.2, 0) is 11.4 Å². The van der Waals surface area contributed by atoms with Crippen molar-refractivity contribution < 1.29 is 19.0 Å². The number of halogens is 1. The molecule has 0 saturated heterocycles. The van der Waals surface area contributed by atoms with Gasteiger partial charge in [0.25, 0.3) is 5.91 Å². The fraction of sp³-hybridized carbons (Fsp3) is 0.188. The maximum atomic E-state index is 12.8. The normalized spacial score (nSPS) is 11.8. The lowest BCUT2D eigenvalue weighted by molar-refractivity contribution is -0.122. The van der Waals surface area contributed by atoms with E-state index in [0.29, 0.717) is 11.4 Å². The Bertz CT molecular complexity index is 596. The van der Waals surface area contributed by atoms with Crippen molar-refractivity contribution in [1.29, 1.82) is 0 Å². The van der Waals surface area contributed by atoms with Gasteiger partial charge in [0.15, 0.2) is 6.10 Å². The van der Waals surface area contributed by atoms with Gasteiger partial charge in [0.2, 0.25) is 0 Å². The van der Waals surface area contributed by atoms with E-state index in [1.54, 1.807) is 31.2 Å². The molecule has 2 aromatic carbocycles. The quantitative estimate of drug-likeness (QED) is 0.889. The Kier molecular flexibility index (Phi) is 4.90. The monoisotopic (exact) mass is 289 g/mol. The molecule has 1 unspecified atom stereocenters. The second kappa shape index (κ2) is 6.85. The molecule has 0 aromatic heterocycles. The minimum absolute atomic E-state index is 0.0433. The van der Waals surface area contributed by atoms with Crippen LogP contribution in [0.5, 0.6) is 5.75 Å². The van der Waals surface area contributed by atoms with Gasteiger partial charge in [0.05, 0.1) is 6.61 Å². The molecule has 1 amide bonds. The van der Waals surface area contributed by atoms with Crippen LogP contribution in [0.2, 0.25) is 0 Å². The third-order valence-electron chi connectivity index (χ3n) is 2.90. The van der Waals surface area contributed by atoms with E-state index >= 15 is 0 Å². The van der Waals surface area contributed by atoms with E-state index < -0.39 is 6.10 Å². The van der Waals surface area contributed by atoms with Crippen molar-refractivity contribution in [3.8, 4) is 5.75 Å². The fourth-order valence-corrected chi connectivity index (χ4v) is 1.71. The van der Waals surface area contributed by atoms with E-state index in [2.05, 4.69) is 5.32 Å². The van der Waals surface area contributed by atoms with Crippen molar-refractivity contribution >= 4 is 11.6 Å². The van der Waals surface area contributed by atoms with Crippen LogP contribution in [0.4, 0.5) is 10.1 Å². The molecule has 0 fully saturated rings. The molecule has 2 aromatic rings. The SMILES string of the molecule is CC(Oc1ccc(F)cc1)C(=O)Nc1ccc(CO)cc1. The molecule has 0 heterocycles. The summed E-state index contributed by atoms with van der Waals surface area (Å²) in [4.78, 5) is 12.0. The Hall–Kier alpha value is -2.40. The van der Waals surface area contributed by atoms with Gasteiger partial charge in [-0.25, -0.2) is 4.39 Å². The second-order valence-electron chi connectivity index (χ2n) is 4.56. The fourth-order valence-electron chi connectivity index (χ4n) is 1.71. The molecule has 5 heteroatoms. The van der Waals surface area contributed by atoms with Gasteiger partial charge in [0, 0.05) is 5.69 Å². The highest BCUT2D eigenvalue weighted by molar-refractivity contribution is 5.94. The number of benzene rings is 2. The summed E-state index contributed by atoms with van der Waals surface area (Å²) in [5.74, 6) is -0.242. The average molecular weight is 289 g/mol. The molecule has 2 N–H and O–H groups in total. The number of aliphatic hydroxyl groups excluding tert-OH is 1. The van der Waals surface area contributed by atoms with Crippen LogP contribution in [-0.4, -0.2) is 17.1 Å². The molecule has 0 aliphatic heterocycles. The number of hydrogen-bond acceptors (Lipinski definition) is 3. The maximum absolute atomic E-state index is 12.8. The summed E-state index contributed by atoms with van der Waals surface area (Å²) in [5, 5.41) is 11.7. The summed E-state index contributed by atoms with van der Waals surface area (Å²) in [6, 6.07) is 12.3. The van der Waals surface area contributed by atoms with Gasteiger partial charge in [-0.05, 0) is 48.9 Å². The highest BCUT2D eigenvalue weighted by Gasteiger charge is 2.14. The number of carbonyl (C=O) groups excluding carboxylic acids is 1. The van der Waals surface area contributed by atoms with Gasteiger partial charge in [-0.1, -0.05) is 12.1 Å². The van der Waals surface area contributed by atoms with Crippen LogP contribution < -0.4 is 10.1 Å². The molecule has 0 spiro atoms. The molecule has 0 radical (unpaired) electrons. The van der Waals surface area contributed by atoms with Crippen molar-refractivity contribution in [2.75, 3.05) is 5.32 Å². The molecular weight excluding hydrogens is 273 g/mol. The highest BCUT2D eigenvalue weighted by atomic mass is 19.1. The summed E-state index contributed by atoms with van der Waals surface area (Å²) >= 11 is 0. The van der Waals surface area contributed by atoms with Crippen molar-refractivity contribution in [2.24, 2.45) is 0 Å². The number of carbonyl (C=O) groups is 1. The van der Waals surface area contributed by atoms with Crippen LogP contribution in [0.3, 0.4) is 0 Å². The summed E-state index contributed by atoms with van der Waals surface area (Å²) in [6.07, 6.45) is -0.715.